The van der Waals surface area contributed by atoms with Crippen LogP contribution in [0.3, 0.4) is 0 Å². The molecule has 5 heteroatoms. The van der Waals surface area contributed by atoms with Crippen LogP contribution in [-0.4, -0.2) is 58.5 Å². The van der Waals surface area contributed by atoms with E-state index in [9.17, 15) is 14.7 Å². The molecule has 2 amide bonds. The van der Waals surface area contributed by atoms with Crippen LogP contribution < -0.4 is 0 Å². The first-order valence-corrected chi connectivity index (χ1v) is 5.86. The number of aliphatic hydroxyl groups excluding tert-OH is 1. The third-order valence-electron chi connectivity index (χ3n) is 3.23. The summed E-state index contributed by atoms with van der Waals surface area (Å²) in [6.07, 6.45) is 2.18. The Kier molecular flexibility index (Phi) is 3.14. The molecule has 0 radical (unpaired) electrons. The van der Waals surface area contributed by atoms with Gasteiger partial charge in [-0.3, -0.25) is 9.59 Å². The third kappa shape index (κ3) is 2.04. The van der Waals surface area contributed by atoms with Crippen molar-refractivity contribution in [2.24, 2.45) is 0 Å². The summed E-state index contributed by atoms with van der Waals surface area (Å²) >= 11 is 0. The van der Waals surface area contributed by atoms with E-state index in [1.807, 2.05) is 0 Å². The summed E-state index contributed by atoms with van der Waals surface area (Å²) in [6, 6.07) is -0.270. The standard InChI is InChI=1S/C11H18N2O3/c1-8(14)6-12-7-10(15)13-5-3-2-4-9(13)11(12)16/h8-9,14H,2-7H2,1H3/t8-,9?/m1/s1. The van der Waals surface area contributed by atoms with Crippen molar-refractivity contribution in [1.29, 1.82) is 0 Å². The number of rotatable bonds is 2. The first-order valence-electron chi connectivity index (χ1n) is 5.86. The lowest BCUT2D eigenvalue weighted by Gasteiger charge is -2.43. The summed E-state index contributed by atoms with van der Waals surface area (Å²) in [6.45, 7) is 2.72. The van der Waals surface area contributed by atoms with E-state index in [0.29, 0.717) is 6.54 Å². The van der Waals surface area contributed by atoms with Gasteiger partial charge in [0.25, 0.3) is 0 Å². The Morgan fingerprint density at radius 1 is 1.44 bits per heavy atom. The smallest absolute Gasteiger partial charge is 0.245 e. The number of β-amino-alcohol motifs (C(OH)–C–C–N with tert-alkyl or cyclic N) is 1. The number of hydrogen-bond acceptors (Lipinski definition) is 3. The molecule has 1 N–H and O–H groups in total. The Labute approximate surface area is 95.0 Å². The van der Waals surface area contributed by atoms with E-state index in [1.165, 1.54) is 4.90 Å². The van der Waals surface area contributed by atoms with Crippen molar-refractivity contribution in [2.45, 2.75) is 38.3 Å². The highest BCUT2D eigenvalue weighted by Crippen LogP contribution is 2.23. The molecule has 5 nitrogen and oxygen atoms in total. The second-order valence-corrected chi connectivity index (χ2v) is 4.67. The van der Waals surface area contributed by atoms with Gasteiger partial charge in [0.05, 0.1) is 12.6 Å². The average Bonchev–Trinajstić information content (AvgIpc) is 2.25. The van der Waals surface area contributed by atoms with Crippen molar-refractivity contribution < 1.29 is 14.7 Å². The SMILES string of the molecule is C[C@@H](O)CN1CC(=O)N2CCCCC2C1=O. The Hall–Kier alpha value is -1.10. The zero-order chi connectivity index (χ0) is 11.7. The quantitative estimate of drug-likeness (QED) is 0.696. The van der Waals surface area contributed by atoms with Gasteiger partial charge in [0.15, 0.2) is 0 Å². The lowest BCUT2D eigenvalue weighted by atomic mass is 9.98. The minimum absolute atomic E-state index is 0.000185. The molecule has 2 heterocycles. The van der Waals surface area contributed by atoms with Gasteiger partial charge in [0.1, 0.15) is 6.04 Å². The largest absolute Gasteiger partial charge is 0.392 e. The highest BCUT2D eigenvalue weighted by molar-refractivity contribution is 5.95. The summed E-state index contributed by atoms with van der Waals surface area (Å²) in [4.78, 5) is 27.1. The number of fused-ring (bicyclic) bond motifs is 1. The average molecular weight is 226 g/mol. The molecule has 2 fully saturated rings. The Bertz CT molecular complexity index is 304. The molecule has 2 aliphatic heterocycles. The van der Waals surface area contributed by atoms with Crippen LogP contribution in [-0.2, 0) is 9.59 Å². The molecule has 0 aliphatic carbocycles. The van der Waals surface area contributed by atoms with Crippen LogP contribution in [0.4, 0.5) is 0 Å². The van der Waals surface area contributed by atoms with Crippen LogP contribution >= 0.6 is 0 Å². The van der Waals surface area contributed by atoms with Crippen LogP contribution in [0.15, 0.2) is 0 Å². The summed E-state index contributed by atoms with van der Waals surface area (Å²) in [5.74, 6) is 0.0187. The molecule has 0 saturated carbocycles. The molecule has 2 saturated heterocycles. The third-order valence-corrected chi connectivity index (χ3v) is 3.23. The maximum Gasteiger partial charge on any atom is 0.245 e. The van der Waals surface area contributed by atoms with Crippen LogP contribution in [0.25, 0.3) is 0 Å². The van der Waals surface area contributed by atoms with Crippen LogP contribution in [0.2, 0.25) is 0 Å². The molecule has 0 aromatic carbocycles. The van der Waals surface area contributed by atoms with Crippen molar-refractivity contribution in [3.63, 3.8) is 0 Å². The van der Waals surface area contributed by atoms with Gasteiger partial charge in [-0.05, 0) is 26.2 Å². The fourth-order valence-electron chi connectivity index (χ4n) is 2.50. The molecule has 2 atom stereocenters. The number of carbonyl (C=O) groups is 2. The lowest BCUT2D eigenvalue weighted by Crippen LogP contribution is -2.62. The summed E-state index contributed by atoms with van der Waals surface area (Å²) in [7, 11) is 0. The van der Waals surface area contributed by atoms with Gasteiger partial charge in [-0.1, -0.05) is 0 Å². The van der Waals surface area contributed by atoms with Crippen molar-refractivity contribution in [2.75, 3.05) is 19.6 Å². The van der Waals surface area contributed by atoms with E-state index in [-0.39, 0.29) is 30.9 Å². The lowest BCUT2D eigenvalue weighted by molar-refractivity contribution is -0.158. The fraction of sp³-hybridized carbons (Fsp3) is 0.818. The molecule has 1 unspecified atom stereocenters. The molecule has 2 aliphatic rings. The van der Waals surface area contributed by atoms with Gasteiger partial charge < -0.3 is 14.9 Å². The predicted octanol–water partition coefficient (Wildman–Crippen LogP) is -0.409. The number of aliphatic hydroxyl groups is 1. The van der Waals surface area contributed by atoms with E-state index in [2.05, 4.69) is 0 Å². The van der Waals surface area contributed by atoms with Crippen molar-refractivity contribution in [1.82, 2.24) is 9.80 Å². The van der Waals surface area contributed by atoms with Gasteiger partial charge in [-0.15, -0.1) is 0 Å². The fourth-order valence-corrected chi connectivity index (χ4v) is 2.50. The van der Waals surface area contributed by atoms with Gasteiger partial charge in [-0.25, -0.2) is 0 Å². The molecule has 0 aromatic rings. The van der Waals surface area contributed by atoms with E-state index in [1.54, 1.807) is 11.8 Å². The Morgan fingerprint density at radius 3 is 2.88 bits per heavy atom. The number of nitrogens with zero attached hydrogens (tertiary/aromatic N) is 2. The van der Waals surface area contributed by atoms with Gasteiger partial charge in [0.2, 0.25) is 11.8 Å². The van der Waals surface area contributed by atoms with Crippen molar-refractivity contribution in [3.05, 3.63) is 0 Å². The Morgan fingerprint density at radius 2 is 2.19 bits per heavy atom. The van der Waals surface area contributed by atoms with Crippen LogP contribution in [0, 0.1) is 0 Å². The number of carbonyl (C=O) groups excluding carboxylic acids is 2. The second kappa shape index (κ2) is 4.41. The Balaban J connectivity index is 2.10. The predicted molar refractivity (Wildman–Crippen MR) is 57.6 cm³/mol. The van der Waals surface area contributed by atoms with Gasteiger partial charge >= 0.3 is 0 Å². The normalized spacial score (nSPS) is 28.0. The van der Waals surface area contributed by atoms with Crippen LogP contribution in [0.1, 0.15) is 26.2 Å². The molecular formula is C11H18N2O3. The van der Waals surface area contributed by atoms with E-state index < -0.39 is 6.10 Å². The maximum absolute atomic E-state index is 12.1. The van der Waals surface area contributed by atoms with E-state index >= 15 is 0 Å². The number of hydrogen-bond donors (Lipinski definition) is 1. The minimum atomic E-state index is -0.577. The molecule has 0 bridgehead atoms. The highest BCUT2D eigenvalue weighted by atomic mass is 16.3. The van der Waals surface area contributed by atoms with Crippen molar-refractivity contribution >= 4 is 11.8 Å². The topological polar surface area (TPSA) is 60.9 Å². The van der Waals surface area contributed by atoms with Gasteiger partial charge in [0, 0.05) is 13.1 Å². The zero-order valence-electron chi connectivity index (χ0n) is 9.56. The highest BCUT2D eigenvalue weighted by Gasteiger charge is 2.40. The first-order chi connectivity index (χ1) is 7.59. The molecule has 16 heavy (non-hydrogen) atoms. The zero-order valence-corrected chi connectivity index (χ0v) is 9.56. The summed E-state index contributed by atoms with van der Waals surface area (Å²) in [5, 5.41) is 9.29. The van der Waals surface area contributed by atoms with Crippen LogP contribution in [0.5, 0.6) is 0 Å². The molecule has 0 aromatic heterocycles. The number of amides is 2. The molecule has 2 rings (SSSR count). The van der Waals surface area contributed by atoms with E-state index in [4.69, 9.17) is 0 Å². The summed E-state index contributed by atoms with van der Waals surface area (Å²) < 4.78 is 0. The second-order valence-electron chi connectivity index (χ2n) is 4.67. The summed E-state index contributed by atoms with van der Waals surface area (Å²) in [5.41, 5.74) is 0. The minimum Gasteiger partial charge on any atom is -0.392 e. The maximum atomic E-state index is 12.1. The number of piperidine rings is 1. The van der Waals surface area contributed by atoms with E-state index in [0.717, 1.165) is 19.3 Å². The molecule has 0 spiro atoms. The number of piperazine rings is 1. The molecule has 90 valence electrons. The van der Waals surface area contributed by atoms with Gasteiger partial charge in [-0.2, -0.15) is 0 Å². The monoisotopic (exact) mass is 226 g/mol. The molecular weight excluding hydrogens is 208 g/mol. The first kappa shape index (κ1) is 11.4. The van der Waals surface area contributed by atoms with Crippen molar-refractivity contribution in [3.8, 4) is 0 Å².